The summed E-state index contributed by atoms with van der Waals surface area (Å²) in [6.07, 6.45) is 1.71. The summed E-state index contributed by atoms with van der Waals surface area (Å²) in [7, 11) is 0. The summed E-state index contributed by atoms with van der Waals surface area (Å²) in [4.78, 5) is 8.81. The Morgan fingerprint density at radius 2 is 2.20 bits per heavy atom. The van der Waals surface area contributed by atoms with E-state index in [2.05, 4.69) is 20.7 Å². The predicted octanol–water partition coefficient (Wildman–Crippen LogP) is 1.85. The van der Waals surface area contributed by atoms with E-state index in [1.807, 2.05) is 16.8 Å². The van der Waals surface area contributed by atoms with Gasteiger partial charge in [-0.25, -0.2) is 15.8 Å². The molecule has 3 rings (SSSR count). The second-order valence-electron chi connectivity index (χ2n) is 4.87. The summed E-state index contributed by atoms with van der Waals surface area (Å²) in [6.45, 7) is 0.405. The Morgan fingerprint density at radius 3 is 2.85 bits per heavy atom. The van der Waals surface area contributed by atoms with Gasteiger partial charge in [0.1, 0.15) is 17.5 Å². The fraction of sp³-hybridized carbons (Fsp3) is 0.385. The van der Waals surface area contributed by atoms with Crippen molar-refractivity contribution in [3.05, 3.63) is 34.3 Å². The van der Waals surface area contributed by atoms with Gasteiger partial charge in [-0.2, -0.15) is 11.3 Å². The van der Waals surface area contributed by atoms with Crippen LogP contribution in [0.25, 0.3) is 0 Å². The minimum Gasteiger partial charge on any atom is -0.387 e. The second kappa shape index (κ2) is 5.74. The number of nitrogen functional groups attached to an aromatic ring is 1. The molecule has 5 N–H and O–H groups in total. The first-order valence-corrected chi connectivity index (χ1v) is 7.50. The minimum atomic E-state index is -0.546. The quantitative estimate of drug-likeness (QED) is 0.479. The zero-order valence-corrected chi connectivity index (χ0v) is 11.7. The predicted molar refractivity (Wildman–Crippen MR) is 79.6 cm³/mol. The molecule has 0 spiro atoms. The molecule has 6 nitrogen and oxygen atoms in total. The molecule has 2 aromatic rings. The van der Waals surface area contributed by atoms with Gasteiger partial charge >= 0.3 is 0 Å². The fourth-order valence-electron chi connectivity index (χ4n) is 1.94. The molecular weight excluding hydrogens is 274 g/mol. The van der Waals surface area contributed by atoms with Crippen molar-refractivity contribution in [1.29, 1.82) is 0 Å². The SMILES string of the molecule is NNc1cc(NCC(O)c2ccsc2)nc(C2CC2)n1. The molecule has 1 atom stereocenters. The lowest BCUT2D eigenvalue weighted by atomic mass is 10.2. The van der Waals surface area contributed by atoms with Gasteiger partial charge in [0.25, 0.3) is 0 Å². The number of hydrogen-bond donors (Lipinski definition) is 4. The fourth-order valence-corrected chi connectivity index (χ4v) is 2.65. The lowest BCUT2D eigenvalue weighted by molar-refractivity contribution is 0.192. The van der Waals surface area contributed by atoms with E-state index < -0.39 is 6.10 Å². The standard InChI is InChI=1S/C13H17N5OS/c14-18-12-5-11(16-13(17-12)8-1-2-8)15-6-10(19)9-3-4-20-7-9/h3-5,7-8,10,19H,1-2,6,14H2,(H2,15,16,17,18). The summed E-state index contributed by atoms with van der Waals surface area (Å²) in [5.74, 6) is 7.96. The monoisotopic (exact) mass is 291 g/mol. The average Bonchev–Trinajstić information content (AvgIpc) is 3.19. The largest absolute Gasteiger partial charge is 0.387 e. The molecule has 1 unspecified atom stereocenters. The van der Waals surface area contributed by atoms with Crippen LogP contribution in [0.15, 0.2) is 22.9 Å². The highest BCUT2D eigenvalue weighted by Crippen LogP contribution is 2.38. The number of nitrogens with two attached hydrogens (primary N) is 1. The van der Waals surface area contributed by atoms with Crippen molar-refractivity contribution >= 4 is 23.0 Å². The van der Waals surface area contributed by atoms with E-state index in [0.29, 0.717) is 24.1 Å². The van der Waals surface area contributed by atoms with E-state index >= 15 is 0 Å². The maximum atomic E-state index is 10.0. The number of rotatable bonds is 6. The van der Waals surface area contributed by atoms with Gasteiger partial charge in [0.2, 0.25) is 0 Å². The molecule has 0 aliphatic heterocycles. The van der Waals surface area contributed by atoms with Gasteiger partial charge in [0.05, 0.1) is 6.10 Å². The molecule has 0 saturated heterocycles. The number of nitrogens with one attached hydrogen (secondary N) is 2. The van der Waals surface area contributed by atoms with Crippen LogP contribution < -0.4 is 16.6 Å². The number of aliphatic hydroxyl groups excluding tert-OH is 1. The summed E-state index contributed by atoms with van der Waals surface area (Å²) >= 11 is 1.57. The molecule has 20 heavy (non-hydrogen) atoms. The molecule has 7 heteroatoms. The van der Waals surface area contributed by atoms with Crippen molar-refractivity contribution < 1.29 is 5.11 Å². The smallest absolute Gasteiger partial charge is 0.145 e. The maximum absolute atomic E-state index is 10.0. The molecule has 0 bridgehead atoms. The van der Waals surface area contributed by atoms with E-state index in [-0.39, 0.29) is 0 Å². The van der Waals surface area contributed by atoms with Gasteiger partial charge < -0.3 is 15.8 Å². The van der Waals surface area contributed by atoms with Crippen molar-refractivity contribution in [1.82, 2.24) is 9.97 Å². The van der Waals surface area contributed by atoms with Crippen molar-refractivity contribution in [3.8, 4) is 0 Å². The zero-order valence-electron chi connectivity index (χ0n) is 10.9. The lowest BCUT2D eigenvalue weighted by Crippen LogP contribution is -2.15. The molecule has 106 valence electrons. The zero-order chi connectivity index (χ0) is 13.9. The third-order valence-electron chi connectivity index (χ3n) is 3.24. The number of aromatic nitrogens is 2. The van der Waals surface area contributed by atoms with Crippen LogP contribution in [0.1, 0.15) is 36.3 Å². The van der Waals surface area contributed by atoms with Crippen LogP contribution in [-0.2, 0) is 0 Å². The van der Waals surface area contributed by atoms with Crippen molar-refractivity contribution in [2.24, 2.45) is 5.84 Å². The van der Waals surface area contributed by atoms with Gasteiger partial charge in [-0.1, -0.05) is 0 Å². The first kappa shape index (κ1) is 13.3. The van der Waals surface area contributed by atoms with Crippen LogP contribution in [0.3, 0.4) is 0 Å². The van der Waals surface area contributed by atoms with E-state index in [1.165, 1.54) is 0 Å². The minimum absolute atomic E-state index is 0.405. The van der Waals surface area contributed by atoms with E-state index in [0.717, 1.165) is 24.2 Å². The first-order valence-electron chi connectivity index (χ1n) is 6.56. The summed E-state index contributed by atoms with van der Waals surface area (Å²) in [5.41, 5.74) is 3.47. The van der Waals surface area contributed by atoms with Gasteiger partial charge in [0, 0.05) is 18.5 Å². The molecule has 1 saturated carbocycles. The molecule has 2 aromatic heterocycles. The third kappa shape index (κ3) is 3.06. The number of anilines is 2. The summed E-state index contributed by atoms with van der Waals surface area (Å²) < 4.78 is 0. The van der Waals surface area contributed by atoms with E-state index in [1.54, 1.807) is 17.4 Å². The van der Waals surface area contributed by atoms with Crippen LogP contribution in [-0.4, -0.2) is 21.6 Å². The first-order chi connectivity index (χ1) is 9.76. The molecule has 1 aliphatic rings. The number of aliphatic hydroxyl groups is 1. The molecule has 0 radical (unpaired) electrons. The highest BCUT2D eigenvalue weighted by molar-refractivity contribution is 7.07. The Bertz CT molecular complexity index is 570. The lowest BCUT2D eigenvalue weighted by Gasteiger charge is -2.12. The maximum Gasteiger partial charge on any atom is 0.145 e. The number of hydrazine groups is 1. The normalized spacial score (nSPS) is 15.9. The molecule has 0 aromatic carbocycles. The van der Waals surface area contributed by atoms with Crippen LogP contribution >= 0.6 is 11.3 Å². The second-order valence-corrected chi connectivity index (χ2v) is 5.65. The topological polar surface area (TPSA) is 96.1 Å². The Labute approximate surface area is 121 Å². The highest BCUT2D eigenvalue weighted by Gasteiger charge is 2.27. The van der Waals surface area contributed by atoms with Gasteiger partial charge in [-0.3, -0.25) is 0 Å². The molecular formula is C13H17N5OS. The van der Waals surface area contributed by atoms with Gasteiger partial charge in [0.15, 0.2) is 0 Å². The van der Waals surface area contributed by atoms with Crippen molar-refractivity contribution in [2.45, 2.75) is 24.9 Å². The number of hydrogen-bond acceptors (Lipinski definition) is 7. The number of nitrogens with zero attached hydrogens (tertiary/aromatic N) is 2. The van der Waals surface area contributed by atoms with Crippen molar-refractivity contribution in [3.63, 3.8) is 0 Å². The van der Waals surface area contributed by atoms with E-state index in [4.69, 9.17) is 5.84 Å². The van der Waals surface area contributed by atoms with Crippen LogP contribution in [0, 0.1) is 0 Å². The Hall–Kier alpha value is -1.70. The third-order valence-corrected chi connectivity index (χ3v) is 3.94. The summed E-state index contributed by atoms with van der Waals surface area (Å²) in [5, 5.41) is 17.1. The molecule has 0 amide bonds. The average molecular weight is 291 g/mol. The van der Waals surface area contributed by atoms with E-state index in [9.17, 15) is 5.11 Å². The summed E-state index contributed by atoms with van der Waals surface area (Å²) in [6, 6.07) is 3.66. The Morgan fingerprint density at radius 1 is 1.40 bits per heavy atom. The van der Waals surface area contributed by atoms with Crippen LogP contribution in [0.2, 0.25) is 0 Å². The van der Waals surface area contributed by atoms with Crippen LogP contribution in [0.5, 0.6) is 0 Å². The molecule has 2 heterocycles. The molecule has 1 fully saturated rings. The molecule has 1 aliphatic carbocycles. The van der Waals surface area contributed by atoms with Gasteiger partial charge in [-0.15, -0.1) is 0 Å². The number of thiophene rings is 1. The van der Waals surface area contributed by atoms with Gasteiger partial charge in [-0.05, 0) is 35.2 Å². The van der Waals surface area contributed by atoms with Crippen molar-refractivity contribution in [2.75, 3.05) is 17.3 Å². The Balaban J connectivity index is 1.68. The van der Waals surface area contributed by atoms with Crippen LogP contribution in [0.4, 0.5) is 11.6 Å². The Kier molecular flexibility index (Phi) is 3.81. The highest BCUT2D eigenvalue weighted by atomic mass is 32.1.